The average molecular weight is 463 g/mol. The van der Waals surface area contributed by atoms with E-state index in [-0.39, 0.29) is 12.7 Å². The predicted molar refractivity (Wildman–Crippen MR) is 126 cm³/mol. The van der Waals surface area contributed by atoms with Gasteiger partial charge in [-0.3, -0.25) is 9.69 Å². The summed E-state index contributed by atoms with van der Waals surface area (Å²) < 4.78 is 16.1. The van der Waals surface area contributed by atoms with Gasteiger partial charge in [-0.25, -0.2) is 0 Å². The number of aromatic nitrogens is 2. The Morgan fingerprint density at radius 2 is 1.71 bits per heavy atom. The lowest BCUT2D eigenvalue weighted by molar-refractivity contribution is -0.132. The van der Waals surface area contributed by atoms with Crippen LogP contribution in [0.25, 0.3) is 11.4 Å². The van der Waals surface area contributed by atoms with E-state index in [1.165, 1.54) is 5.56 Å². The van der Waals surface area contributed by atoms with Gasteiger partial charge in [0.2, 0.25) is 24.4 Å². The van der Waals surface area contributed by atoms with Gasteiger partial charge in [0.25, 0.3) is 0 Å². The Hall–Kier alpha value is -3.39. The molecule has 0 aliphatic carbocycles. The summed E-state index contributed by atoms with van der Waals surface area (Å²) in [5.74, 6) is 3.41. The lowest BCUT2D eigenvalue weighted by Crippen LogP contribution is -2.48. The van der Waals surface area contributed by atoms with Gasteiger partial charge in [0, 0.05) is 44.7 Å². The summed E-state index contributed by atoms with van der Waals surface area (Å²) in [6.45, 7) is 8.56. The van der Waals surface area contributed by atoms with Crippen molar-refractivity contribution in [3.63, 3.8) is 0 Å². The van der Waals surface area contributed by atoms with E-state index in [1.54, 1.807) is 0 Å². The molecule has 3 heterocycles. The monoisotopic (exact) mass is 462 g/mol. The average Bonchev–Trinajstić information content (AvgIpc) is 3.49. The van der Waals surface area contributed by atoms with Crippen molar-refractivity contribution in [2.75, 3.05) is 33.0 Å². The number of rotatable bonds is 7. The number of piperazine rings is 1. The molecule has 1 amide bonds. The van der Waals surface area contributed by atoms with Crippen LogP contribution in [0.4, 0.5) is 0 Å². The number of carbonyl (C=O) groups excluding carboxylic acids is 1. The molecule has 2 aliphatic rings. The highest BCUT2D eigenvalue weighted by Gasteiger charge is 2.22. The standard InChI is InChI=1S/C26H30N4O4/c1-18(2)13-24-27-26(28-34-24)21-6-3-19(4-7-21)16-29-9-11-30(12-10-29)25(31)15-20-5-8-22-23(14-20)33-17-32-22/h3-8,14,18H,9-13,15-17H2,1-2H3. The molecule has 0 N–H and O–H groups in total. The molecule has 1 fully saturated rings. The summed E-state index contributed by atoms with van der Waals surface area (Å²) in [6, 6.07) is 14.0. The Kier molecular flexibility index (Phi) is 6.49. The molecular weight excluding hydrogens is 432 g/mol. The van der Waals surface area contributed by atoms with E-state index in [9.17, 15) is 4.79 Å². The van der Waals surface area contributed by atoms with Crippen LogP contribution in [-0.2, 0) is 24.2 Å². The van der Waals surface area contributed by atoms with Gasteiger partial charge in [0.15, 0.2) is 11.5 Å². The largest absolute Gasteiger partial charge is 0.454 e. The minimum atomic E-state index is 0.153. The zero-order valence-electron chi connectivity index (χ0n) is 19.7. The van der Waals surface area contributed by atoms with Gasteiger partial charge < -0.3 is 18.9 Å². The summed E-state index contributed by atoms with van der Waals surface area (Å²) in [7, 11) is 0. The molecule has 1 aromatic heterocycles. The van der Waals surface area contributed by atoms with Crippen molar-refractivity contribution < 1.29 is 18.8 Å². The van der Waals surface area contributed by atoms with E-state index in [0.29, 0.717) is 24.1 Å². The van der Waals surface area contributed by atoms with Gasteiger partial charge in [-0.15, -0.1) is 0 Å². The molecule has 3 aromatic rings. The van der Waals surface area contributed by atoms with Crippen LogP contribution in [-0.4, -0.2) is 58.8 Å². The molecule has 178 valence electrons. The fourth-order valence-corrected chi connectivity index (χ4v) is 4.31. The van der Waals surface area contributed by atoms with Gasteiger partial charge in [0.05, 0.1) is 6.42 Å². The number of fused-ring (bicyclic) bond motifs is 1. The molecule has 0 unspecified atom stereocenters. The van der Waals surface area contributed by atoms with Crippen LogP contribution in [0.15, 0.2) is 47.0 Å². The number of benzene rings is 2. The Bertz CT molecular complexity index is 1130. The third-order valence-corrected chi connectivity index (χ3v) is 6.19. The van der Waals surface area contributed by atoms with E-state index >= 15 is 0 Å². The van der Waals surface area contributed by atoms with E-state index in [4.69, 9.17) is 14.0 Å². The second-order valence-electron chi connectivity index (χ2n) is 9.33. The molecule has 0 radical (unpaired) electrons. The minimum absolute atomic E-state index is 0.153. The predicted octanol–water partition coefficient (Wildman–Crippen LogP) is 3.55. The SMILES string of the molecule is CC(C)Cc1nc(-c2ccc(CN3CCN(C(=O)Cc4ccc5c(c4)OCO5)CC3)cc2)no1. The zero-order chi connectivity index (χ0) is 23.5. The molecule has 2 aliphatic heterocycles. The Morgan fingerprint density at radius 1 is 0.971 bits per heavy atom. The summed E-state index contributed by atoms with van der Waals surface area (Å²) >= 11 is 0. The summed E-state index contributed by atoms with van der Waals surface area (Å²) in [4.78, 5) is 21.6. The third-order valence-electron chi connectivity index (χ3n) is 6.19. The first kappa shape index (κ1) is 22.4. The van der Waals surface area contributed by atoms with Gasteiger partial charge in [-0.05, 0) is 29.2 Å². The number of hydrogen-bond donors (Lipinski definition) is 0. The second kappa shape index (κ2) is 9.85. The molecule has 8 heteroatoms. The van der Waals surface area contributed by atoms with Crippen LogP contribution in [0.1, 0.15) is 30.9 Å². The maximum atomic E-state index is 12.8. The summed E-state index contributed by atoms with van der Waals surface area (Å²) in [5.41, 5.74) is 3.14. The number of carbonyl (C=O) groups is 1. The first-order valence-electron chi connectivity index (χ1n) is 11.8. The third kappa shape index (κ3) is 5.22. The fraction of sp³-hybridized carbons (Fsp3) is 0.423. The fourth-order valence-electron chi connectivity index (χ4n) is 4.31. The maximum absolute atomic E-state index is 12.8. The van der Waals surface area contributed by atoms with Crippen molar-refractivity contribution in [3.8, 4) is 22.9 Å². The quantitative estimate of drug-likeness (QED) is 0.531. The molecule has 0 atom stereocenters. The van der Waals surface area contributed by atoms with Gasteiger partial charge in [0.1, 0.15) is 0 Å². The van der Waals surface area contributed by atoms with Gasteiger partial charge in [-0.1, -0.05) is 49.3 Å². The van der Waals surface area contributed by atoms with Crippen molar-refractivity contribution >= 4 is 5.91 Å². The second-order valence-corrected chi connectivity index (χ2v) is 9.33. The first-order valence-corrected chi connectivity index (χ1v) is 11.8. The zero-order valence-corrected chi connectivity index (χ0v) is 19.7. The van der Waals surface area contributed by atoms with Crippen LogP contribution in [0, 0.1) is 5.92 Å². The normalized spacial score (nSPS) is 15.8. The smallest absolute Gasteiger partial charge is 0.231 e. The summed E-state index contributed by atoms with van der Waals surface area (Å²) in [6.07, 6.45) is 1.17. The number of hydrogen-bond acceptors (Lipinski definition) is 7. The highest BCUT2D eigenvalue weighted by Crippen LogP contribution is 2.32. The molecule has 34 heavy (non-hydrogen) atoms. The first-order chi connectivity index (χ1) is 16.5. The molecule has 0 saturated carbocycles. The van der Waals surface area contributed by atoms with E-state index in [1.807, 2.05) is 35.2 Å². The highest BCUT2D eigenvalue weighted by atomic mass is 16.7. The van der Waals surface area contributed by atoms with Crippen LogP contribution < -0.4 is 9.47 Å². The Morgan fingerprint density at radius 3 is 2.47 bits per heavy atom. The van der Waals surface area contributed by atoms with Gasteiger partial charge in [-0.2, -0.15) is 4.98 Å². The van der Waals surface area contributed by atoms with Crippen molar-refractivity contribution in [1.29, 1.82) is 0 Å². The molecule has 5 rings (SSSR count). The number of nitrogens with zero attached hydrogens (tertiary/aromatic N) is 4. The van der Waals surface area contributed by atoms with Crippen molar-refractivity contribution in [2.45, 2.75) is 33.2 Å². The van der Waals surface area contributed by atoms with Crippen LogP contribution >= 0.6 is 0 Å². The Balaban J connectivity index is 1.10. The van der Waals surface area contributed by atoms with Crippen LogP contribution in [0.5, 0.6) is 11.5 Å². The van der Waals surface area contributed by atoms with E-state index in [0.717, 1.165) is 61.8 Å². The highest BCUT2D eigenvalue weighted by molar-refractivity contribution is 5.79. The summed E-state index contributed by atoms with van der Waals surface area (Å²) in [5, 5.41) is 4.11. The lowest BCUT2D eigenvalue weighted by Gasteiger charge is -2.35. The molecule has 1 saturated heterocycles. The number of amides is 1. The molecule has 0 spiro atoms. The van der Waals surface area contributed by atoms with Gasteiger partial charge >= 0.3 is 0 Å². The van der Waals surface area contributed by atoms with Crippen LogP contribution in [0.2, 0.25) is 0 Å². The molecule has 0 bridgehead atoms. The molecular formula is C26H30N4O4. The minimum Gasteiger partial charge on any atom is -0.454 e. The Labute approximate surface area is 199 Å². The van der Waals surface area contributed by atoms with E-state index in [2.05, 4.69) is 41.0 Å². The van der Waals surface area contributed by atoms with Crippen LogP contribution in [0.3, 0.4) is 0 Å². The molecule has 8 nitrogen and oxygen atoms in total. The molecule has 2 aromatic carbocycles. The lowest BCUT2D eigenvalue weighted by atomic mass is 10.1. The topological polar surface area (TPSA) is 80.9 Å². The van der Waals surface area contributed by atoms with Crippen molar-refractivity contribution in [2.24, 2.45) is 5.92 Å². The van der Waals surface area contributed by atoms with Crippen molar-refractivity contribution in [3.05, 3.63) is 59.5 Å². The maximum Gasteiger partial charge on any atom is 0.231 e. The van der Waals surface area contributed by atoms with Crippen molar-refractivity contribution in [1.82, 2.24) is 19.9 Å². The number of ether oxygens (including phenoxy) is 2. The van der Waals surface area contributed by atoms with E-state index < -0.39 is 0 Å².